The van der Waals surface area contributed by atoms with Gasteiger partial charge in [0.1, 0.15) is 0 Å². The van der Waals surface area contributed by atoms with E-state index in [2.05, 4.69) is 18.9 Å². The normalized spacial score (nSPS) is 36.6. The van der Waals surface area contributed by atoms with Crippen molar-refractivity contribution in [2.45, 2.75) is 64.0 Å². The molecule has 0 aromatic carbocycles. The van der Waals surface area contributed by atoms with E-state index in [1.807, 2.05) is 0 Å². The van der Waals surface area contributed by atoms with E-state index in [9.17, 15) is 0 Å². The Morgan fingerprint density at radius 2 is 1.81 bits per heavy atom. The van der Waals surface area contributed by atoms with Crippen molar-refractivity contribution in [2.24, 2.45) is 5.92 Å². The number of rotatable bonds is 3. The molecule has 0 aromatic heterocycles. The monoisotopic (exact) mass is 225 g/mol. The van der Waals surface area contributed by atoms with Gasteiger partial charge in [-0.1, -0.05) is 6.92 Å². The van der Waals surface area contributed by atoms with E-state index >= 15 is 0 Å². The van der Waals surface area contributed by atoms with Crippen molar-refractivity contribution in [1.82, 2.24) is 4.90 Å². The van der Waals surface area contributed by atoms with Crippen LogP contribution in [0.4, 0.5) is 0 Å². The average Bonchev–Trinajstić information content (AvgIpc) is 2.31. The van der Waals surface area contributed by atoms with Crippen LogP contribution in [0.5, 0.6) is 0 Å². The summed E-state index contributed by atoms with van der Waals surface area (Å²) >= 11 is 0. The molecule has 16 heavy (non-hydrogen) atoms. The molecule has 0 radical (unpaired) electrons. The van der Waals surface area contributed by atoms with Crippen LogP contribution < -0.4 is 0 Å². The Balaban J connectivity index is 1.72. The highest BCUT2D eigenvalue weighted by Crippen LogP contribution is 2.27. The third kappa shape index (κ3) is 3.46. The second-order valence-electron chi connectivity index (χ2n) is 5.84. The lowest BCUT2D eigenvalue weighted by molar-refractivity contribution is -0.0118. The maximum absolute atomic E-state index is 5.82. The second kappa shape index (κ2) is 6.02. The molecule has 1 heterocycles. The van der Waals surface area contributed by atoms with Crippen LogP contribution >= 0.6 is 0 Å². The molecule has 0 spiro atoms. The van der Waals surface area contributed by atoms with Crippen LogP contribution in [-0.2, 0) is 4.74 Å². The largest absolute Gasteiger partial charge is 0.377 e. The summed E-state index contributed by atoms with van der Waals surface area (Å²) in [5.41, 5.74) is 0. The van der Waals surface area contributed by atoms with Crippen molar-refractivity contribution in [3.05, 3.63) is 0 Å². The van der Waals surface area contributed by atoms with E-state index in [-0.39, 0.29) is 0 Å². The van der Waals surface area contributed by atoms with Gasteiger partial charge in [0, 0.05) is 19.2 Å². The summed E-state index contributed by atoms with van der Waals surface area (Å²) in [5.74, 6) is 0.954. The van der Waals surface area contributed by atoms with Crippen LogP contribution in [0.2, 0.25) is 0 Å². The first kappa shape index (κ1) is 12.4. The van der Waals surface area contributed by atoms with Gasteiger partial charge in [-0.05, 0) is 57.9 Å². The molecule has 2 rings (SSSR count). The van der Waals surface area contributed by atoms with E-state index < -0.39 is 0 Å². The van der Waals surface area contributed by atoms with Gasteiger partial charge in [-0.2, -0.15) is 0 Å². The van der Waals surface area contributed by atoms with Crippen molar-refractivity contribution in [2.75, 3.05) is 20.2 Å². The number of hydrogen-bond donors (Lipinski definition) is 0. The molecule has 1 atom stereocenters. The predicted molar refractivity (Wildman–Crippen MR) is 67.6 cm³/mol. The van der Waals surface area contributed by atoms with E-state index in [0.29, 0.717) is 6.10 Å². The van der Waals surface area contributed by atoms with Crippen LogP contribution in [0.3, 0.4) is 0 Å². The Bertz CT molecular complexity index is 193. The third-order valence-electron chi connectivity index (χ3n) is 4.37. The van der Waals surface area contributed by atoms with E-state index in [1.54, 1.807) is 0 Å². The summed E-state index contributed by atoms with van der Waals surface area (Å²) in [6.07, 6.45) is 10.0. The zero-order valence-corrected chi connectivity index (χ0v) is 11.0. The molecule has 0 aromatic rings. The van der Waals surface area contributed by atoms with E-state index in [1.165, 1.54) is 44.9 Å². The summed E-state index contributed by atoms with van der Waals surface area (Å²) < 4.78 is 5.82. The van der Waals surface area contributed by atoms with Gasteiger partial charge in [0.25, 0.3) is 0 Å². The van der Waals surface area contributed by atoms with Gasteiger partial charge < -0.3 is 9.64 Å². The summed E-state index contributed by atoms with van der Waals surface area (Å²) in [4.78, 5) is 2.56. The first-order valence-electron chi connectivity index (χ1n) is 7.07. The number of nitrogens with zero attached hydrogens (tertiary/aromatic N) is 1. The van der Waals surface area contributed by atoms with Crippen LogP contribution in [0.1, 0.15) is 51.9 Å². The minimum atomic E-state index is 0.512. The molecule has 1 aliphatic carbocycles. The number of ether oxygens (including phenoxy) is 1. The molecule has 2 nitrogen and oxygen atoms in total. The maximum Gasteiger partial charge on any atom is 0.0702 e. The van der Waals surface area contributed by atoms with Crippen molar-refractivity contribution < 1.29 is 4.74 Å². The van der Waals surface area contributed by atoms with Crippen molar-refractivity contribution >= 4 is 0 Å². The second-order valence-corrected chi connectivity index (χ2v) is 5.84. The Kier molecular flexibility index (Phi) is 4.66. The Morgan fingerprint density at radius 3 is 2.44 bits per heavy atom. The molecular formula is C14H27NO. The molecule has 2 heteroatoms. The van der Waals surface area contributed by atoms with Crippen LogP contribution in [-0.4, -0.2) is 37.2 Å². The highest BCUT2D eigenvalue weighted by molar-refractivity contribution is 4.78. The highest BCUT2D eigenvalue weighted by Gasteiger charge is 2.24. The standard InChI is InChI=1S/C14H27NO/c1-12-6-8-13(9-7-12)15(2)11-14-5-3-4-10-16-14/h12-14H,3-11H2,1-2H3. The van der Waals surface area contributed by atoms with E-state index in [0.717, 1.165) is 25.1 Å². The van der Waals surface area contributed by atoms with Crippen molar-refractivity contribution in [1.29, 1.82) is 0 Å². The smallest absolute Gasteiger partial charge is 0.0702 e. The highest BCUT2D eigenvalue weighted by atomic mass is 16.5. The van der Waals surface area contributed by atoms with Crippen LogP contribution in [0.15, 0.2) is 0 Å². The fourth-order valence-electron chi connectivity index (χ4n) is 3.10. The summed E-state index contributed by atoms with van der Waals surface area (Å²) in [7, 11) is 2.29. The summed E-state index contributed by atoms with van der Waals surface area (Å²) in [6.45, 7) is 4.53. The molecule has 0 bridgehead atoms. The first-order valence-corrected chi connectivity index (χ1v) is 7.07. The van der Waals surface area contributed by atoms with Gasteiger partial charge in [0.05, 0.1) is 6.10 Å². The van der Waals surface area contributed by atoms with Gasteiger partial charge in [0.15, 0.2) is 0 Å². The molecule has 2 aliphatic rings. The lowest BCUT2D eigenvalue weighted by Crippen LogP contribution is -2.41. The minimum absolute atomic E-state index is 0.512. The van der Waals surface area contributed by atoms with Gasteiger partial charge in [0.2, 0.25) is 0 Å². The Morgan fingerprint density at radius 1 is 1.06 bits per heavy atom. The van der Waals surface area contributed by atoms with E-state index in [4.69, 9.17) is 4.74 Å². The summed E-state index contributed by atoms with van der Waals surface area (Å²) in [5, 5.41) is 0. The van der Waals surface area contributed by atoms with Crippen molar-refractivity contribution in [3.8, 4) is 0 Å². The topological polar surface area (TPSA) is 12.5 Å². The molecule has 94 valence electrons. The number of hydrogen-bond acceptors (Lipinski definition) is 2. The molecular weight excluding hydrogens is 198 g/mol. The lowest BCUT2D eigenvalue weighted by Gasteiger charge is -2.36. The lowest BCUT2D eigenvalue weighted by atomic mass is 9.86. The Labute approximate surface area is 100 Å². The zero-order chi connectivity index (χ0) is 11.4. The summed E-state index contributed by atoms with van der Waals surface area (Å²) in [6, 6.07) is 0.821. The molecule has 2 fully saturated rings. The molecule has 0 amide bonds. The molecule has 1 aliphatic heterocycles. The van der Waals surface area contributed by atoms with Gasteiger partial charge in [-0.15, -0.1) is 0 Å². The zero-order valence-electron chi connectivity index (χ0n) is 11.0. The molecule has 1 saturated carbocycles. The van der Waals surface area contributed by atoms with Crippen LogP contribution in [0, 0.1) is 5.92 Å². The minimum Gasteiger partial charge on any atom is -0.377 e. The van der Waals surface area contributed by atoms with Crippen LogP contribution in [0.25, 0.3) is 0 Å². The van der Waals surface area contributed by atoms with Gasteiger partial charge >= 0.3 is 0 Å². The first-order chi connectivity index (χ1) is 7.75. The predicted octanol–water partition coefficient (Wildman–Crippen LogP) is 3.07. The molecule has 0 N–H and O–H groups in total. The third-order valence-corrected chi connectivity index (χ3v) is 4.37. The molecule has 1 saturated heterocycles. The van der Waals surface area contributed by atoms with Crippen molar-refractivity contribution in [3.63, 3.8) is 0 Å². The fraction of sp³-hybridized carbons (Fsp3) is 1.00. The molecule has 1 unspecified atom stereocenters. The SMILES string of the molecule is CC1CCC(N(C)CC2CCCCO2)CC1. The fourth-order valence-corrected chi connectivity index (χ4v) is 3.10. The Hall–Kier alpha value is -0.0800. The maximum atomic E-state index is 5.82. The average molecular weight is 225 g/mol. The number of likely N-dealkylation sites (N-methyl/N-ethyl adjacent to an activating group) is 1. The van der Waals surface area contributed by atoms with Gasteiger partial charge in [-0.25, -0.2) is 0 Å². The van der Waals surface area contributed by atoms with Gasteiger partial charge in [-0.3, -0.25) is 0 Å². The quantitative estimate of drug-likeness (QED) is 0.732.